The van der Waals surface area contributed by atoms with Crippen LogP contribution in [0.1, 0.15) is 35.7 Å². The average Bonchev–Trinajstić information content (AvgIpc) is 3.37. The van der Waals surface area contributed by atoms with Gasteiger partial charge in [0.15, 0.2) is 5.82 Å². The van der Waals surface area contributed by atoms with Gasteiger partial charge in [-0.25, -0.2) is 14.4 Å². The maximum absolute atomic E-state index is 14.1. The van der Waals surface area contributed by atoms with Gasteiger partial charge in [-0.05, 0) is 43.2 Å². The maximum atomic E-state index is 14.1. The second kappa shape index (κ2) is 9.59. The van der Waals surface area contributed by atoms with Crippen LogP contribution >= 0.6 is 15.9 Å². The highest BCUT2D eigenvalue weighted by Crippen LogP contribution is 2.43. The van der Waals surface area contributed by atoms with Crippen LogP contribution in [0, 0.1) is 17.1 Å². The molecule has 12 heteroatoms. The Hall–Kier alpha value is -3.37. The van der Waals surface area contributed by atoms with E-state index in [0.29, 0.717) is 43.8 Å². The molecule has 3 atom stereocenters. The third-order valence-corrected chi connectivity index (χ3v) is 9.67. The molecule has 3 aromatic heterocycles. The smallest absolute Gasteiger partial charge is 0.250 e. The van der Waals surface area contributed by atoms with Crippen molar-refractivity contribution >= 4 is 27.3 Å². The first-order chi connectivity index (χ1) is 19.7. The van der Waals surface area contributed by atoms with Crippen LogP contribution in [0.15, 0.2) is 42.9 Å². The molecule has 4 fully saturated rings. The number of ether oxygens (including phenoxy) is 1. The Morgan fingerprint density at radius 1 is 1.17 bits per heavy atom. The molecular formula is C29H30BrFN8O2. The van der Waals surface area contributed by atoms with E-state index in [1.54, 1.807) is 12.4 Å². The van der Waals surface area contributed by atoms with Gasteiger partial charge in [-0.1, -0.05) is 15.9 Å². The van der Waals surface area contributed by atoms with Gasteiger partial charge in [-0.15, -0.1) is 0 Å². The molecule has 8 rings (SSSR count). The number of anilines is 1. The number of alkyl halides is 1. The minimum atomic E-state index is -0.716. The monoisotopic (exact) mass is 620 g/mol. The second-order valence-electron chi connectivity index (χ2n) is 11.8. The van der Waals surface area contributed by atoms with Gasteiger partial charge < -0.3 is 14.7 Å². The van der Waals surface area contributed by atoms with E-state index in [2.05, 4.69) is 58.9 Å². The summed E-state index contributed by atoms with van der Waals surface area (Å²) in [4.78, 5) is 15.8. The Morgan fingerprint density at radius 3 is 2.59 bits per heavy atom. The number of rotatable bonds is 6. The number of piperidine rings is 1. The molecule has 212 valence electrons. The molecule has 1 N–H and O–H groups in total. The fourth-order valence-corrected chi connectivity index (χ4v) is 7.36. The number of aromatic nitrogens is 4. The average molecular weight is 622 g/mol. The highest BCUT2D eigenvalue weighted by molar-refractivity contribution is 9.10. The fraction of sp³-hybridized carbons (Fsp3) is 0.448. The van der Waals surface area contributed by atoms with Gasteiger partial charge in [0.05, 0.1) is 36.7 Å². The maximum Gasteiger partial charge on any atom is 0.250 e. The van der Waals surface area contributed by atoms with Crippen molar-refractivity contribution in [2.45, 2.75) is 48.6 Å². The summed E-state index contributed by atoms with van der Waals surface area (Å²) in [5.41, 5.74) is 3.22. The Morgan fingerprint density at radius 2 is 1.95 bits per heavy atom. The molecule has 0 spiro atoms. The zero-order chi connectivity index (χ0) is 28.5. The van der Waals surface area contributed by atoms with Crippen LogP contribution in [0.5, 0.6) is 5.88 Å². The number of fused-ring (bicyclic) bond motifs is 3. The number of halogens is 2. The van der Waals surface area contributed by atoms with E-state index in [0.717, 1.165) is 47.7 Å². The summed E-state index contributed by atoms with van der Waals surface area (Å²) >= 11 is 3.92. The minimum absolute atomic E-state index is 0.0195. The molecule has 8 heterocycles. The van der Waals surface area contributed by atoms with E-state index in [1.165, 1.54) is 13.2 Å². The Bertz CT molecular complexity index is 1560. The van der Waals surface area contributed by atoms with Crippen LogP contribution in [-0.4, -0.2) is 90.1 Å². The molecule has 0 radical (unpaired) electrons. The van der Waals surface area contributed by atoms with Crippen LogP contribution in [-0.2, 0) is 13.1 Å². The van der Waals surface area contributed by atoms with E-state index in [4.69, 9.17) is 9.72 Å². The zero-order valence-electron chi connectivity index (χ0n) is 22.8. The summed E-state index contributed by atoms with van der Waals surface area (Å²) in [6.07, 6.45) is 8.41. The number of hydrogen-bond acceptors (Lipinski definition) is 9. The van der Waals surface area contributed by atoms with Gasteiger partial charge in [-0.3, -0.25) is 14.5 Å². The summed E-state index contributed by atoms with van der Waals surface area (Å²) in [7, 11) is 1.42. The molecule has 0 amide bonds. The number of aliphatic hydroxyl groups is 1. The number of nitriles is 1. The lowest BCUT2D eigenvalue weighted by atomic mass is 9.87. The molecule has 0 saturated carbocycles. The number of nitrogens with zero attached hydrogens (tertiary/aromatic N) is 8. The molecule has 2 bridgehead atoms. The first-order valence-corrected chi connectivity index (χ1v) is 14.5. The predicted octanol–water partition coefficient (Wildman–Crippen LogP) is 2.76. The van der Waals surface area contributed by atoms with E-state index in [1.807, 2.05) is 23.9 Å². The number of pyridine rings is 2. The van der Waals surface area contributed by atoms with Crippen molar-refractivity contribution < 1.29 is 14.2 Å². The molecule has 3 aromatic rings. The molecule has 5 aliphatic rings. The van der Waals surface area contributed by atoms with E-state index in [-0.39, 0.29) is 5.88 Å². The molecular weight excluding hydrogens is 591 g/mol. The van der Waals surface area contributed by atoms with Crippen molar-refractivity contribution in [3.8, 4) is 11.9 Å². The number of likely N-dealkylation sites (tertiary alicyclic amines) is 1. The molecule has 5 aliphatic heterocycles. The van der Waals surface area contributed by atoms with Gasteiger partial charge >= 0.3 is 0 Å². The van der Waals surface area contributed by atoms with Crippen LogP contribution in [0.2, 0.25) is 0 Å². The number of methoxy groups -OCH3 is 1. The van der Waals surface area contributed by atoms with Crippen molar-refractivity contribution in [2.75, 3.05) is 38.2 Å². The highest BCUT2D eigenvalue weighted by Gasteiger charge is 2.49. The second-order valence-corrected chi connectivity index (χ2v) is 13.1. The third kappa shape index (κ3) is 4.52. The quantitative estimate of drug-likeness (QED) is 0.329. The molecule has 4 saturated heterocycles. The van der Waals surface area contributed by atoms with Crippen molar-refractivity contribution in [1.82, 2.24) is 29.5 Å². The molecule has 10 nitrogen and oxygen atoms in total. The van der Waals surface area contributed by atoms with Gasteiger partial charge in [0.25, 0.3) is 0 Å². The number of piperazine rings is 1. The third-order valence-electron chi connectivity index (χ3n) is 8.69. The molecule has 3 unspecified atom stereocenters. The number of β-amino-alcohol motifs (C(OH)–C–C–N with tert-alkyl or cyclic N) is 1. The largest absolute Gasteiger partial charge is 0.479 e. The lowest BCUT2D eigenvalue weighted by molar-refractivity contribution is -0.103. The Labute approximate surface area is 245 Å². The van der Waals surface area contributed by atoms with Crippen LogP contribution in [0.3, 0.4) is 0 Å². The van der Waals surface area contributed by atoms with E-state index in [9.17, 15) is 14.8 Å². The predicted molar refractivity (Wildman–Crippen MR) is 153 cm³/mol. The normalized spacial score (nSPS) is 26.8. The molecule has 0 aliphatic carbocycles. The summed E-state index contributed by atoms with van der Waals surface area (Å²) in [6, 6.07) is 8.63. The number of hydrogen-bond donors (Lipinski definition) is 1. The van der Waals surface area contributed by atoms with Gasteiger partial charge in [0.1, 0.15) is 16.3 Å². The molecule has 41 heavy (non-hydrogen) atoms. The van der Waals surface area contributed by atoms with Crippen LogP contribution in [0.25, 0.3) is 5.57 Å². The van der Waals surface area contributed by atoms with Crippen molar-refractivity contribution in [3.63, 3.8) is 0 Å². The molecule has 0 aromatic carbocycles. The fourth-order valence-electron chi connectivity index (χ4n) is 6.64. The highest BCUT2D eigenvalue weighted by atomic mass is 79.9. The lowest BCUT2D eigenvalue weighted by Gasteiger charge is -2.56. The van der Waals surface area contributed by atoms with Gasteiger partial charge in [-0.2, -0.15) is 10.4 Å². The van der Waals surface area contributed by atoms with Gasteiger partial charge in [0.2, 0.25) is 5.88 Å². The van der Waals surface area contributed by atoms with Crippen molar-refractivity contribution in [3.05, 3.63) is 71.1 Å². The Balaban J connectivity index is 1.09. The van der Waals surface area contributed by atoms with Crippen LogP contribution < -0.4 is 9.64 Å². The topological polar surface area (TPSA) is 107 Å². The Kier molecular flexibility index (Phi) is 6.20. The summed E-state index contributed by atoms with van der Waals surface area (Å²) in [6.45, 7) is 5.81. The van der Waals surface area contributed by atoms with Gasteiger partial charge in [0, 0.05) is 68.3 Å². The zero-order valence-corrected chi connectivity index (χ0v) is 24.4. The standard InChI is InChI=1S/C29H30BrFN8O2/c1-28(40)15-37(16-28)29(30)7-23(26-20(8-32)11-35-39(26)17-29)19-3-4-25(33-10-19)36-13-21-6-22(14-36)38(21)12-18-5-24(31)27(41-2)34-9-18/h3-5,7,9-11,21-22,40H,6,12-17H2,1-2H3. The van der Waals surface area contributed by atoms with E-state index >= 15 is 0 Å². The SMILES string of the molecule is COc1ncc(CN2C3CC2CN(c2ccc(C4=CC(Br)(N5CC(C)(O)C5)Cn5ncc(C#N)c54)cn2)C3)cc1F. The first kappa shape index (κ1) is 26.5. The van der Waals surface area contributed by atoms with E-state index < -0.39 is 15.9 Å². The summed E-state index contributed by atoms with van der Waals surface area (Å²) < 4.78 is 20.4. The lowest BCUT2D eigenvalue weighted by Crippen LogP contribution is -2.68. The van der Waals surface area contributed by atoms with Crippen molar-refractivity contribution in [2.24, 2.45) is 0 Å². The summed E-state index contributed by atoms with van der Waals surface area (Å²) in [5.74, 6) is 0.495. The van der Waals surface area contributed by atoms with Crippen molar-refractivity contribution in [1.29, 1.82) is 5.26 Å². The summed E-state index contributed by atoms with van der Waals surface area (Å²) in [5, 5.41) is 24.6. The van der Waals surface area contributed by atoms with Crippen LogP contribution in [0.4, 0.5) is 10.2 Å². The first-order valence-electron chi connectivity index (χ1n) is 13.7. The minimum Gasteiger partial charge on any atom is -0.479 e.